The molecule has 0 atom stereocenters. The van der Waals surface area contributed by atoms with Crippen molar-refractivity contribution in [1.29, 1.82) is 0 Å². The summed E-state index contributed by atoms with van der Waals surface area (Å²) in [4.78, 5) is 12.3. The molecule has 0 radical (unpaired) electrons. The molecule has 1 aliphatic carbocycles. The predicted octanol–water partition coefficient (Wildman–Crippen LogP) is 3.47. The van der Waals surface area contributed by atoms with E-state index in [0.29, 0.717) is 17.0 Å². The fourth-order valence-electron chi connectivity index (χ4n) is 2.97. The molecule has 1 aliphatic rings. The minimum atomic E-state index is -0.135. The van der Waals surface area contributed by atoms with E-state index in [1.807, 2.05) is 6.07 Å². The minimum absolute atomic E-state index is 0.104. The van der Waals surface area contributed by atoms with Crippen LogP contribution in [0.2, 0.25) is 0 Å². The van der Waals surface area contributed by atoms with Gasteiger partial charge in [-0.1, -0.05) is 19.3 Å². The zero-order valence-electron chi connectivity index (χ0n) is 11.7. The van der Waals surface area contributed by atoms with Gasteiger partial charge in [-0.2, -0.15) is 0 Å². The largest absolute Gasteiger partial charge is 0.451 e. The summed E-state index contributed by atoms with van der Waals surface area (Å²) in [6.07, 6.45) is 5.67. The Morgan fingerprint density at radius 2 is 2.00 bits per heavy atom. The van der Waals surface area contributed by atoms with E-state index in [2.05, 4.69) is 12.2 Å². The number of hydrogen-bond donors (Lipinski definition) is 2. The average molecular weight is 272 g/mol. The molecular weight excluding hydrogens is 252 g/mol. The molecule has 0 aliphatic heterocycles. The number of carbonyl (C=O) groups excluding carboxylic acids is 1. The summed E-state index contributed by atoms with van der Waals surface area (Å²) in [5, 5.41) is 3.99. The monoisotopic (exact) mass is 272 g/mol. The third-order valence-corrected chi connectivity index (χ3v) is 4.14. The van der Waals surface area contributed by atoms with E-state index >= 15 is 0 Å². The van der Waals surface area contributed by atoms with Gasteiger partial charge in [-0.15, -0.1) is 0 Å². The van der Waals surface area contributed by atoms with Crippen LogP contribution in [0, 0.1) is 0 Å². The molecule has 106 valence electrons. The second kappa shape index (κ2) is 4.85. The van der Waals surface area contributed by atoms with Crippen molar-refractivity contribution in [2.45, 2.75) is 44.6 Å². The molecule has 1 fully saturated rings. The number of furan rings is 1. The molecule has 1 saturated carbocycles. The van der Waals surface area contributed by atoms with Crippen LogP contribution >= 0.6 is 0 Å². The molecule has 4 heteroatoms. The number of amides is 1. The Morgan fingerprint density at radius 1 is 1.25 bits per heavy atom. The Hall–Kier alpha value is -1.97. The Labute approximate surface area is 118 Å². The molecular formula is C16H20N2O2. The van der Waals surface area contributed by atoms with Crippen molar-refractivity contribution in [1.82, 2.24) is 5.32 Å². The highest BCUT2D eigenvalue weighted by Crippen LogP contribution is 2.28. The van der Waals surface area contributed by atoms with E-state index in [1.54, 1.807) is 18.2 Å². The van der Waals surface area contributed by atoms with E-state index < -0.39 is 0 Å². The molecule has 3 N–H and O–H groups in total. The first-order valence-electron chi connectivity index (χ1n) is 7.17. The third-order valence-electron chi connectivity index (χ3n) is 4.14. The number of fused-ring (bicyclic) bond motifs is 1. The fourth-order valence-corrected chi connectivity index (χ4v) is 2.97. The number of rotatable bonds is 2. The van der Waals surface area contributed by atoms with Crippen molar-refractivity contribution in [2.75, 3.05) is 5.73 Å². The van der Waals surface area contributed by atoms with Crippen LogP contribution in [0.25, 0.3) is 11.0 Å². The summed E-state index contributed by atoms with van der Waals surface area (Å²) in [7, 11) is 0. The quantitative estimate of drug-likeness (QED) is 0.822. The lowest BCUT2D eigenvalue weighted by molar-refractivity contribution is 0.0856. The fraction of sp³-hybridized carbons (Fsp3) is 0.438. The number of hydrogen-bond acceptors (Lipinski definition) is 3. The smallest absolute Gasteiger partial charge is 0.287 e. The van der Waals surface area contributed by atoms with Gasteiger partial charge < -0.3 is 15.5 Å². The van der Waals surface area contributed by atoms with Crippen LogP contribution < -0.4 is 11.1 Å². The van der Waals surface area contributed by atoms with E-state index in [0.717, 1.165) is 18.2 Å². The minimum Gasteiger partial charge on any atom is -0.451 e. The lowest BCUT2D eigenvalue weighted by Crippen LogP contribution is -2.47. The molecule has 3 rings (SSSR count). The summed E-state index contributed by atoms with van der Waals surface area (Å²) in [6.45, 7) is 2.12. The highest BCUT2D eigenvalue weighted by atomic mass is 16.3. The second-order valence-corrected chi connectivity index (χ2v) is 5.98. The maximum atomic E-state index is 12.3. The molecule has 1 amide bonds. The van der Waals surface area contributed by atoms with E-state index in [4.69, 9.17) is 10.2 Å². The molecule has 1 heterocycles. The number of anilines is 1. The molecule has 0 spiro atoms. The van der Waals surface area contributed by atoms with E-state index in [9.17, 15) is 4.79 Å². The molecule has 2 aromatic rings. The lowest BCUT2D eigenvalue weighted by Gasteiger charge is -2.34. The second-order valence-electron chi connectivity index (χ2n) is 5.98. The maximum absolute atomic E-state index is 12.3. The molecule has 1 aromatic heterocycles. The first kappa shape index (κ1) is 13.0. The van der Waals surface area contributed by atoms with Crippen molar-refractivity contribution < 1.29 is 9.21 Å². The van der Waals surface area contributed by atoms with Crippen LogP contribution in [0.3, 0.4) is 0 Å². The highest BCUT2D eigenvalue weighted by Gasteiger charge is 2.29. The average Bonchev–Trinajstić information content (AvgIpc) is 2.82. The van der Waals surface area contributed by atoms with Gasteiger partial charge in [0.25, 0.3) is 5.91 Å². The van der Waals surface area contributed by atoms with Crippen molar-refractivity contribution in [3.8, 4) is 0 Å². The van der Waals surface area contributed by atoms with Gasteiger partial charge in [0.1, 0.15) is 5.58 Å². The first-order chi connectivity index (χ1) is 9.56. The summed E-state index contributed by atoms with van der Waals surface area (Å²) < 4.78 is 5.60. The van der Waals surface area contributed by atoms with Crippen LogP contribution in [0.15, 0.2) is 28.7 Å². The van der Waals surface area contributed by atoms with Crippen molar-refractivity contribution in [3.63, 3.8) is 0 Å². The Morgan fingerprint density at radius 3 is 2.75 bits per heavy atom. The van der Waals surface area contributed by atoms with Crippen LogP contribution in [-0.2, 0) is 0 Å². The zero-order chi connectivity index (χ0) is 14.2. The van der Waals surface area contributed by atoms with Crippen LogP contribution in [-0.4, -0.2) is 11.4 Å². The topological polar surface area (TPSA) is 68.3 Å². The number of nitrogens with two attached hydrogens (primary N) is 1. The van der Waals surface area contributed by atoms with E-state index in [1.165, 1.54) is 19.3 Å². The molecule has 0 saturated heterocycles. The Bertz CT molecular complexity index is 639. The van der Waals surface area contributed by atoms with Crippen molar-refractivity contribution in [3.05, 3.63) is 30.0 Å². The number of carbonyl (C=O) groups is 1. The van der Waals surface area contributed by atoms with Crippen molar-refractivity contribution in [2.24, 2.45) is 0 Å². The molecule has 0 bridgehead atoms. The molecule has 20 heavy (non-hydrogen) atoms. The van der Waals surface area contributed by atoms with Crippen LogP contribution in [0.4, 0.5) is 5.69 Å². The van der Waals surface area contributed by atoms with Gasteiger partial charge in [-0.25, -0.2) is 0 Å². The Kier molecular flexibility index (Phi) is 3.16. The van der Waals surface area contributed by atoms with E-state index in [-0.39, 0.29) is 11.4 Å². The highest BCUT2D eigenvalue weighted by molar-refractivity contribution is 5.97. The first-order valence-corrected chi connectivity index (χ1v) is 7.17. The summed E-state index contributed by atoms with van der Waals surface area (Å²) in [6, 6.07) is 7.14. The van der Waals surface area contributed by atoms with Gasteiger partial charge in [-0.3, -0.25) is 4.79 Å². The van der Waals surface area contributed by atoms with Crippen molar-refractivity contribution >= 4 is 22.6 Å². The Balaban J connectivity index is 1.81. The van der Waals surface area contributed by atoms with Gasteiger partial charge in [-0.05, 0) is 44.0 Å². The number of nitrogen functional groups attached to an aromatic ring is 1. The van der Waals surface area contributed by atoms with Gasteiger partial charge in [0.2, 0.25) is 0 Å². The zero-order valence-corrected chi connectivity index (χ0v) is 11.7. The number of benzene rings is 1. The molecule has 1 aromatic carbocycles. The summed E-state index contributed by atoms with van der Waals surface area (Å²) in [5.41, 5.74) is 7.00. The predicted molar refractivity (Wildman–Crippen MR) is 79.6 cm³/mol. The molecule has 0 unspecified atom stereocenters. The maximum Gasteiger partial charge on any atom is 0.287 e. The number of nitrogens with one attached hydrogen (secondary N) is 1. The van der Waals surface area contributed by atoms with Crippen LogP contribution in [0.1, 0.15) is 49.6 Å². The van der Waals surface area contributed by atoms with Gasteiger partial charge in [0.05, 0.1) is 0 Å². The standard InChI is InChI=1S/C16H20N2O2/c1-16(7-3-2-4-8-16)18-15(19)14-10-11-9-12(17)5-6-13(11)20-14/h5-6,9-10H,2-4,7-8,17H2,1H3,(H,18,19). The summed E-state index contributed by atoms with van der Waals surface area (Å²) >= 11 is 0. The van der Waals surface area contributed by atoms with Gasteiger partial charge in [0, 0.05) is 16.6 Å². The van der Waals surface area contributed by atoms with Crippen LogP contribution in [0.5, 0.6) is 0 Å². The third kappa shape index (κ3) is 2.50. The summed E-state index contributed by atoms with van der Waals surface area (Å²) in [5.74, 6) is 0.224. The SMILES string of the molecule is CC1(NC(=O)c2cc3cc(N)ccc3o2)CCCCC1. The van der Waals surface area contributed by atoms with Gasteiger partial charge in [0.15, 0.2) is 5.76 Å². The normalized spacial score (nSPS) is 18.1. The molecule has 4 nitrogen and oxygen atoms in total. The lowest BCUT2D eigenvalue weighted by atomic mass is 9.83. The van der Waals surface area contributed by atoms with Gasteiger partial charge >= 0.3 is 0 Å².